The second-order valence-electron chi connectivity index (χ2n) is 9.41. The first kappa shape index (κ1) is 17.3. The molecule has 0 N–H and O–H groups in total. The van der Waals surface area contributed by atoms with Gasteiger partial charge in [0.15, 0.2) is 17.3 Å². The Kier molecular flexibility index (Phi) is 3.15. The topological polar surface area (TPSA) is 68.3 Å². The molecule has 1 aromatic carbocycles. The summed E-state index contributed by atoms with van der Waals surface area (Å²) in [6.07, 6.45) is 3.09. The van der Waals surface area contributed by atoms with E-state index in [9.17, 15) is 9.59 Å². The minimum absolute atomic E-state index is 0.00448. The Balaban J connectivity index is 1.55. The van der Waals surface area contributed by atoms with Crippen molar-refractivity contribution < 1.29 is 23.8 Å². The Morgan fingerprint density at radius 2 is 1.97 bits per heavy atom. The van der Waals surface area contributed by atoms with E-state index in [1.54, 1.807) is 14.2 Å². The van der Waals surface area contributed by atoms with E-state index in [1.165, 1.54) is 5.57 Å². The number of carbonyl (C=O) groups is 2. The van der Waals surface area contributed by atoms with Gasteiger partial charge < -0.3 is 19.1 Å². The van der Waals surface area contributed by atoms with Crippen molar-refractivity contribution in [2.45, 2.75) is 36.4 Å². The maximum Gasteiger partial charge on any atom is 0.229 e. The Hall–Kier alpha value is -2.38. The van der Waals surface area contributed by atoms with Crippen molar-refractivity contribution in [1.82, 2.24) is 4.90 Å². The van der Waals surface area contributed by atoms with Gasteiger partial charge in [0, 0.05) is 36.4 Å². The van der Waals surface area contributed by atoms with E-state index in [1.807, 2.05) is 17.0 Å². The van der Waals surface area contributed by atoms with E-state index in [4.69, 9.17) is 14.2 Å². The summed E-state index contributed by atoms with van der Waals surface area (Å²) in [5.74, 6) is 1.53. The van der Waals surface area contributed by atoms with Gasteiger partial charge in [-0.15, -0.1) is 0 Å². The standard InChI is InChI=1S/C23H24N2O5/c1-28-14-7-12-13(8-15(14)29-2)25-17(26)9-16-19-18-11(3-6-30-16)10-24-5-4-23(12,21(19)25)22(24)20(18)27/h3,7-8,16,18-19,21-22H,4-6,9-10H2,1-2H3/t16-,18-,19+,21-,22-,23-/m0/s1. The van der Waals surface area contributed by atoms with Crippen LogP contribution in [-0.4, -0.2) is 68.7 Å². The summed E-state index contributed by atoms with van der Waals surface area (Å²) in [4.78, 5) is 31.7. The molecule has 6 aliphatic rings. The second-order valence-corrected chi connectivity index (χ2v) is 9.41. The van der Waals surface area contributed by atoms with Crippen LogP contribution in [0.25, 0.3) is 0 Å². The number of ether oxygens (including phenoxy) is 3. The fourth-order valence-electron chi connectivity index (χ4n) is 7.67. The van der Waals surface area contributed by atoms with Crippen molar-refractivity contribution in [3.8, 4) is 11.5 Å². The lowest BCUT2D eigenvalue weighted by atomic mass is 9.53. The smallest absolute Gasteiger partial charge is 0.229 e. The van der Waals surface area contributed by atoms with Gasteiger partial charge in [0.25, 0.3) is 0 Å². The molecule has 1 spiro atoms. The van der Waals surface area contributed by atoms with Crippen LogP contribution in [0.1, 0.15) is 18.4 Å². The molecule has 1 saturated carbocycles. The van der Waals surface area contributed by atoms with Crippen LogP contribution in [0.4, 0.5) is 5.69 Å². The Labute approximate surface area is 174 Å². The summed E-state index contributed by atoms with van der Waals surface area (Å²) in [5.41, 5.74) is 2.74. The largest absolute Gasteiger partial charge is 0.493 e. The Bertz CT molecular complexity index is 1050. The summed E-state index contributed by atoms with van der Waals surface area (Å²) in [6.45, 7) is 2.18. The molecule has 4 fully saturated rings. The first-order valence-corrected chi connectivity index (χ1v) is 10.8. The van der Waals surface area contributed by atoms with Gasteiger partial charge in [0.1, 0.15) is 0 Å². The average molecular weight is 408 g/mol. The number of hydrogen-bond donors (Lipinski definition) is 0. The third-order valence-electron chi connectivity index (χ3n) is 8.57. The quantitative estimate of drug-likeness (QED) is 0.687. The molecule has 3 saturated heterocycles. The maximum atomic E-state index is 13.9. The maximum absolute atomic E-state index is 13.9. The zero-order chi connectivity index (χ0) is 20.4. The van der Waals surface area contributed by atoms with Crippen LogP contribution in [0.5, 0.6) is 11.5 Å². The first-order valence-electron chi connectivity index (χ1n) is 10.8. The monoisotopic (exact) mass is 408 g/mol. The number of Topliss-reactive ketones (excluding diaryl/α,β-unsaturated/α-hetero) is 1. The predicted octanol–water partition coefficient (Wildman–Crippen LogP) is 1.29. The zero-order valence-corrected chi connectivity index (χ0v) is 17.1. The molecule has 6 atom stereocenters. The van der Waals surface area contributed by atoms with Gasteiger partial charge in [-0.1, -0.05) is 6.08 Å². The van der Waals surface area contributed by atoms with Crippen molar-refractivity contribution in [2.24, 2.45) is 11.8 Å². The number of fused-ring (bicyclic) bond motifs is 2. The molecule has 5 heterocycles. The number of anilines is 1. The molecule has 1 aromatic rings. The molecule has 156 valence electrons. The summed E-state index contributed by atoms with van der Waals surface area (Å²) >= 11 is 0. The number of benzene rings is 1. The van der Waals surface area contributed by atoms with Crippen LogP contribution in [0.15, 0.2) is 23.8 Å². The second kappa shape index (κ2) is 5.45. The number of carbonyl (C=O) groups excluding carboxylic acids is 2. The van der Waals surface area contributed by atoms with Crippen molar-refractivity contribution in [3.05, 3.63) is 29.3 Å². The van der Waals surface area contributed by atoms with Gasteiger partial charge in [-0.3, -0.25) is 14.5 Å². The molecule has 0 aromatic heterocycles. The molecule has 7 rings (SSSR count). The van der Waals surface area contributed by atoms with Gasteiger partial charge in [-0.2, -0.15) is 0 Å². The summed E-state index contributed by atoms with van der Waals surface area (Å²) in [5, 5.41) is 0. The molecule has 0 radical (unpaired) electrons. The first-order chi connectivity index (χ1) is 14.6. The molecule has 1 aliphatic carbocycles. The minimum Gasteiger partial charge on any atom is -0.493 e. The van der Waals surface area contributed by atoms with E-state index < -0.39 is 5.41 Å². The van der Waals surface area contributed by atoms with Crippen LogP contribution in [0.3, 0.4) is 0 Å². The summed E-state index contributed by atoms with van der Waals surface area (Å²) in [6, 6.07) is 3.71. The number of rotatable bonds is 2. The minimum atomic E-state index is -0.402. The van der Waals surface area contributed by atoms with Crippen molar-refractivity contribution >= 4 is 17.4 Å². The Morgan fingerprint density at radius 3 is 2.77 bits per heavy atom. The van der Waals surface area contributed by atoms with E-state index in [-0.39, 0.29) is 35.9 Å². The molecule has 7 nitrogen and oxygen atoms in total. The molecular formula is C23H24N2O5. The van der Waals surface area contributed by atoms with Crippen LogP contribution in [-0.2, 0) is 19.7 Å². The highest BCUT2D eigenvalue weighted by molar-refractivity contribution is 6.04. The highest BCUT2D eigenvalue weighted by Crippen LogP contribution is 2.65. The average Bonchev–Trinajstić information content (AvgIpc) is 3.20. The van der Waals surface area contributed by atoms with Gasteiger partial charge >= 0.3 is 0 Å². The zero-order valence-electron chi connectivity index (χ0n) is 17.1. The van der Waals surface area contributed by atoms with E-state index >= 15 is 0 Å². The number of methoxy groups -OCH3 is 2. The van der Waals surface area contributed by atoms with Crippen LogP contribution >= 0.6 is 0 Å². The van der Waals surface area contributed by atoms with Crippen molar-refractivity contribution in [2.75, 3.05) is 38.8 Å². The molecule has 7 heteroatoms. The molecule has 30 heavy (non-hydrogen) atoms. The van der Waals surface area contributed by atoms with Crippen LogP contribution in [0, 0.1) is 11.8 Å². The van der Waals surface area contributed by atoms with Gasteiger partial charge in [0.2, 0.25) is 5.91 Å². The number of amides is 1. The summed E-state index contributed by atoms with van der Waals surface area (Å²) in [7, 11) is 3.24. The fourth-order valence-corrected chi connectivity index (χ4v) is 7.67. The SMILES string of the molecule is COc1cc2c(cc1OC)[C@@]13CCN4CC5=CCO[C@H]6CC(=O)N2[C@H]1[C@H]6[C@H]5C(=O)[C@H]43. The molecule has 0 unspecified atom stereocenters. The third kappa shape index (κ3) is 1.70. The molecule has 1 amide bonds. The fraction of sp³-hybridized carbons (Fsp3) is 0.565. The van der Waals surface area contributed by atoms with Gasteiger partial charge in [-0.05, 0) is 23.6 Å². The highest BCUT2D eigenvalue weighted by Gasteiger charge is 2.74. The molecule has 5 aliphatic heterocycles. The number of piperidine rings is 2. The van der Waals surface area contributed by atoms with Crippen LogP contribution in [0.2, 0.25) is 0 Å². The number of hydrogen-bond acceptors (Lipinski definition) is 6. The van der Waals surface area contributed by atoms with E-state index in [2.05, 4.69) is 11.0 Å². The van der Waals surface area contributed by atoms with Crippen molar-refractivity contribution in [1.29, 1.82) is 0 Å². The number of ketones is 1. The molecular weight excluding hydrogens is 384 g/mol. The lowest BCUT2D eigenvalue weighted by Crippen LogP contribution is -2.72. The third-order valence-corrected chi connectivity index (χ3v) is 8.57. The van der Waals surface area contributed by atoms with E-state index in [0.29, 0.717) is 30.3 Å². The Morgan fingerprint density at radius 1 is 1.17 bits per heavy atom. The number of nitrogens with zero attached hydrogens (tertiary/aromatic N) is 2. The van der Waals surface area contributed by atoms with E-state index in [0.717, 1.165) is 30.8 Å². The van der Waals surface area contributed by atoms with Crippen molar-refractivity contribution in [3.63, 3.8) is 0 Å². The summed E-state index contributed by atoms with van der Waals surface area (Å²) < 4.78 is 17.4. The highest BCUT2D eigenvalue weighted by atomic mass is 16.5. The normalized spacial score (nSPS) is 40.1. The predicted molar refractivity (Wildman–Crippen MR) is 107 cm³/mol. The van der Waals surface area contributed by atoms with Crippen LogP contribution < -0.4 is 14.4 Å². The van der Waals surface area contributed by atoms with Gasteiger partial charge in [0.05, 0.1) is 51.1 Å². The lowest BCUT2D eigenvalue weighted by molar-refractivity contribution is -0.147. The van der Waals surface area contributed by atoms with Gasteiger partial charge in [-0.25, -0.2) is 0 Å². The molecule has 2 bridgehead atoms. The lowest BCUT2D eigenvalue weighted by Gasteiger charge is -2.57.